The van der Waals surface area contributed by atoms with Crippen LogP contribution in [-0.2, 0) is 4.74 Å². The highest BCUT2D eigenvalue weighted by molar-refractivity contribution is 14.1. The summed E-state index contributed by atoms with van der Waals surface area (Å²) < 4.78 is 7.21. The fourth-order valence-electron chi connectivity index (χ4n) is 2.99. The maximum absolute atomic E-state index is 10.3. The normalized spacial score (nSPS) is 14.0. The average molecular weight is 657 g/mol. The number of halogens is 2. The van der Waals surface area contributed by atoms with Gasteiger partial charge in [0.2, 0.25) is 17.8 Å². The van der Waals surface area contributed by atoms with Gasteiger partial charge in [0.1, 0.15) is 5.75 Å². The van der Waals surface area contributed by atoms with Crippen LogP contribution in [-0.4, -0.2) is 52.6 Å². The molecule has 1 saturated heterocycles. The van der Waals surface area contributed by atoms with Crippen molar-refractivity contribution in [3.63, 3.8) is 0 Å². The first-order valence-corrected chi connectivity index (χ1v) is 12.0. The molecule has 11 heteroatoms. The molecule has 166 valence electrons. The van der Waals surface area contributed by atoms with Crippen LogP contribution in [0.4, 0.5) is 23.5 Å². The Balaban J connectivity index is 1.59. The van der Waals surface area contributed by atoms with Crippen LogP contribution >= 0.6 is 45.2 Å². The number of morpholine rings is 1. The Morgan fingerprint density at radius 1 is 1.06 bits per heavy atom. The van der Waals surface area contributed by atoms with Crippen molar-refractivity contribution in [1.29, 1.82) is 0 Å². The standard InChI is InChI=1S/C21H21I2N7O2/c1-13-2-4-16(5-3-13)25-19-26-20(28-21(27-19)30-6-8-32-9-7-30)29-24-12-14-10-15(22)11-17(23)18(14)31/h2-5,10-12,31H,6-9H2,1H3,(H2,25,26,27,28,29)/b24-12-. The molecule has 9 nitrogen and oxygen atoms in total. The maximum Gasteiger partial charge on any atom is 0.250 e. The van der Waals surface area contributed by atoms with Gasteiger partial charge in [0.15, 0.2) is 0 Å². The molecule has 1 aromatic heterocycles. The van der Waals surface area contributed by atoms with E-state index in [-0.39, 0.29) is 5.75 Å². The van der Waals surface area contributed by atoms with Crippen LogP contribution in [0, 0.1) is 14.1 Å². The van der Waals surface area contributed by atoms with Crippen molar-refractivity contribution in [2.45, 2.75) is 6.92 Å². The summed E-state index contributed by atoms with van der Waals surface area (Å²) in [4.78, 5) is 15.6. The molecule has 0 atom stereocenters. The number of nitrogens with one attached hydrogen (secondary N) is 2. The molecule has 0 bridgehead atoms. The van der Waals surface area contributed by atoms with Crippen LogP contribution in [0.3, 0.4) is 0 Å². The summed E-state index contributed by atoms with van der Waals surface area (Å²) in [6.07, 6.45) is 1.55. The second-order valence-corrected chi connectivity index (χ2v) is 9.48. The molecule has 4 rings (SSSR count). The van der Waals surface area contributed by atoms with Crippen molar-refractivity contribution in [2.75, 3.05) is 41.9 Å². The molecule has 1 aliphatic heterocycles. The maximum atomic E-state index is 10.3. The van der Waals surface area contributed by atoms with E-state index in [0.717, 1.165) is 12.8 Å². The summed E-state index contributed by atoms with van der Waals surface area (Å²) in [5.74, 6) is 1.44. The quantitative estimate of drug-likeness (QED) is 0.207. The first-order valence-electron chi connectivity index (χ1n) is 9.87. The molecule has 0 radical (unpaired) electrons. The molecule has 0 amide bonds. The molecule has 0 unspecified atom stereocenters. The number of phenols is 1. The Hall–Kier alpha value is -2.26. The van der Waals surface area contributed by atoms with Crippen LogP contribution in [0.2, 0.25) is 0 Å². The van der Waals surface area contributed by atoms with Crippen LogP contribution in [0.25, 0.3) is 0 Å². The van der Waals surface area contributed by atoms with Gasteiger partial charge in [0.05, 0.1) is 23.0 Å². The molecular formula is C21H21I2N7O2. The van der Waals surface area contributed by atoms with Crippen molar-refractivity contribution in [3.8, 4) is 5.75 Å². The van der Waals surface area contributed by atoms with E-state index in [1.54, 1.807) is 6.21 Å². The summed E-state index contributed by atoms with van der Waals surface area (Å²) in [6.45, 7) is 4.68. The third kappa shape index (κ3) is 5.95. The van der Waals surface area contributed by atoms with Crippen LogP contribution in [0.5, 0.6) is 5.75 Å². The summed E-state index contributed by atoms with van der Waals surface area (Å²) in [5, 5.41) is 17.7. The zero-order valence-electron chi connectivity index (χ0n) is 17.2. The van der Waals surface area contributed by atoms with E-state index in [2.05, 4.69) is 76.0 Å². The van der Waals surface area contributed by atoms with Crippen molar-refractivity contribution in [2.24, 2.45) is 5.10 Å². The number of rotatable bonds is 6. The van der Waals surface area contributed by atoms with Gasteiger partial charge in [0.25, 0.3) is 0 Å². The third-order valence-electron chi connectivity index (χ3n) is 4.65. The largest absolute Gasteiger partial charge is 0.506 e. The van der Waals surface area contributed by atoms with Gasteiger partial charge >= 0.3 is 0 Å². The Labute approximate surface area is 213 Å². The van der Waals surface area contributed by atoms with E-state index < -0.39 is 0 Å². The highest BCUT2D eigenvalue weighted by atomic mass is 127. The molecule has 2 heterocycles. The topological polar surface area (TPSA) is 108 Å². The third-order valence-corrected chi connectivity index (χ3v) is 6.10. The molecule has 0 saturated carbocycles. The van der Waals surface area contributed by atoms with Gasteiger partial charge in [-0.1, -0.05) is 17.7 Å². The van der Waals surface area contributed by atoms with Gasteiger partial charge in [-0.2, -0.15) is 20.1 Å². The van der Waals surface area contributed by atoms with Gasteiger partial charge in [-0.25, -0.2) is 5.43 Å². The van der Waals surface area contributed by atoms with Gasteiger partial charge in [-0.05, 0) is 76.4 Å². The van der Waals surface area contributed by atoms with Crippen LogP contribution < -0.4 is 15.6 Å². The molecule has 0 aliphatic carbocycles. The highest BCUT2D eigenvalue weighted by Gasteiger charge is 2.17. The molecule has 3 aromatic rings. The average Bonchev–Trinajstić information content (AvgIpc) is 2.79. The number of nitrogens with zero attached hydrogens (tertiary/aromatic N) is 5. The first-order chi connectivity index (χ1) is 15.5. The summed E-state index contributed by atoms with van der Waals surface area (Å²) >= 11 is 4.29. The van der Waals surface area contributed by atoms with E-state index in [9.17, 15) is 5.11 Å². The lowest BCUT2D eigenvalue weighted by Gasteiger charge is -2.27. The van der Waals surface area contributed by atoms with E-state index in [0.29, 0.717) is 49.7 Å². The van der Waals surface area contributed by atoms with Crippen molar-refractivity contribution in [1.82, 2.24) is 15.0 Å². The SMILES string of the molecule is Cc1ccc(Nc2nc(N/N=C\c3cc(I)cc(I)c3O)nc(N3CCOCC3)n2)cc1. The molecule has 1 fully saturated rings. The number of anilines is 4. The molecule has 32 heavy (non-hydrogen) atoms. The smallest absolute Gasteiger partial charge is 0.250 e. The number of phenolic OH excluding ortho intramolecular Hbond substituents is 1. The minimum absolute atomic E-state index is 0.183. The number of aromatic nitrogens is 3. The summed E-state index contributed by atoms with van der Waals surface area (Å²) in [6, 6.07) is 11.7. The number of aromatic hydroxyl groups is 1. The van der Waals surface area contributed by atoms with Crippen LogP contribution in [0.15, 0.2) is 41.5 Å². The summed E-state index contributed by atoms with van der Waals surface area (Å²) in [5.41, 5.74) is 5.52. The second-order valence-electron chi connectivity index (χ2n) is 7.07. The lowest BCUT2D eigenvalue weighted by molar-refractivity contribution is 0.122. The van der Waals surface area contributed by atoms with E-state index in [4.69, 9.17) is 4.74 Å². The predicted molar refractivity (Wildman–Crippen MR) is 142 cm³/mol. The zero-order valence-corrected chi connectivity index (χ0v) is 21.5. The minimum Gasteiger partial charge on any atom is -0.506 e. The monoisotopic (exact) mass is 657 g/mol. The van der Waals surface area contributed by atoms with Crippen molar-refractivity contribution < 1.29 is 9.84 Å². The fourth-order valence-corrected chi connectivity index (χ4v) is 4.87. The van der Waals surface area contributed by atoms with E-state index in [1.807, 2.05) is 48.2 Å². The first kappa shape index (κ1) is 22.9. The Kier molecular flexibility index (Phi) is 7.57. The number of hydrazone groups is 1. The second kappa shape index (κ2) is 10.6. The number of aryl methyl sites for hydroxylation is 1. The number of ether oxygens (including phenoxy) is 1. The molecule has 0 spiro atoms. The van der Waals surface area contributed by atoms with Gasteiger partial charge in [0, 0.05) is 27.9 Å². The Bertz CT molecular complexity index is 1120. The van der Waals surface area contributed by atoms with Crippen LogP contribution in [0.1, 0.15) is 11.1 Å². The van der Waals surface area contributed by atoms with Gasteiger partial charge in [-0.3, -0.25) is 0 Å². The van der Waals surface area contributed by atoms with E-state index in [1.165, 1.54) is 5.56 Å². The molecular weight excluding hydrogens is 636 g/mol. The zero-order chi connectivity index (χ0) is 22.5. The predicted octanol–water partition coefficient (Wildman–Crippen LogP) is 4.12. The molecule has 3 N–H and O–H groups in total. The number of hydrogen-bond donors (Lipinski definition) is 3. The minimum atomic E-state index is 0.183. The van der Waals surface area contributed by atoms with Crippen molar-refractivity contribution in [3.05, 3.63) is 54.7 Å². The van der Waals surface area contributed by atoms with E-state index >= 15 is 0 Å². The van der Waals surface area contributed by atoms with Crippen molar-refractivity contribution >= 4 is 74.9 Å². The molecule has 2 aromatic carbocycles. The molecule has 1 aliphatic rings. The lowest BCUT2D eigenvalue weighted by Crippen LogP contribution is -2.37. The van der Waals surface area contributed by atoms with Gasteiger partial charge in [-0.15, -0.1) is 0 Å². The number of benzene rings is 2. The lowest BCUT2D eigenvalue weighted by atomic mass is 10.2. The Morgan fingerprint density at radius 3 is 2.53 bits per heavy atom. The number of hydrogen-bond acceptors (Lipinski definition) is 9. The fraction of sp³-hybridized carbons (Fsp3) is 0.238. The van der Waals surface area contributed by atoms with Gasteiger partial charge < -0.3 is 20.1 Å². The summed E-state index contributed by atoms with van der Waals surface area (Å²) in [7, 11) is 0. The Morgan fingerprint density at radius 2 is 1.78 bits per heavy atom. The highest BCUT2D eigenvalue weighted by Crippen LogP contribution is 2.26.